The lowest BCUT2D eigenvalue weighted by atomic mass is 10.2. The van der Waals surface area contributed by atoms with Gasteiger partial charge in [0.1, 0.15) is 0 Å². The summed E-state index contributed by atoms with van der Waals surface area (Å²) in [6, 6.07) is 4.76. The maximum atomic E-state index is 4.23. The number of rotatable bonds is 5. The van der Waals surface area contributed by atoms with Crippen molar-refractivity contribution in [2.45, 2.75) is 33.2 Å². The number of anilines is 1. The minimum Gasteiger partial charge on any atom is -0.369 e. The summed E-state index contributed by atoms with van der Waals surface area (Å²) in [6.45, 7) is 7.58. The van der Waals surface area contributed by atoms with Crippen LogP contribution in [0.25, 0.3) is 0 Å². The monoisotopic (exact) mass is 270 g/mol. The van der Waals surface area contributed by atoms with Crippen LogP contribution in [-0.2, 0) is 0 Å². The summed E-state index contributed by atoms with van der Waals surface area (Å²) >= 11 is 3.48. The van der Waals surface area contributed by atoms with Crippen molar-refractivity contribution >= 4 is 21.6 Å². The number of aryl methyl sites for hydroxylation is 1. The molecule has 0 aliphatic heterocycles. The molecule has 0 aliphatic carbocycles. The van der Waals surface area contributed by atoms with Crippen LogP contribution in [0.5, 0.6) is 0 Å². The van der Waals surface area contributed by atoms with Crippen molar-refractivity contribution < 1.29 is 0 Å². The van der Waals surface area contributed by atoms with Gasteiger partial charge < -0.3 is 4.90 Å². The van der Waals surface area contributed by atoms with Crippen LogP contribution >= 0.6 is 15.9 Å². The number of hydrogen-bond donors (Lipinski definition) is 0. The third-order valence-electron chi connectivity index (χ3n) is 2.37. The molecule has 0 unspecified atom stereocenters. The Morgan fingerprint density at radius 2 is 2.20 bits per heavy atom. The molecule has 1 rings (SSSR count). The van der Waals surface area contributed by atoms with E-state index in [4.69, 9.17) is 0 Å². The maximum absolute atomic E-state index is 4.23. The third kappa shape index (κ3) is 3.82. The summed E-state index contributed by atoms with van der Waals surface area (Å²) in [5.74, 6) is 0. The van der Waals surface area contributed by atoms with Gasteiger partial charge in [-0.25, -0.2) is 0 Å². The summed E-state index contributed by atoms with van der Waals surface area (Å²) in [5, 5.41) is 1.06. The Morgan fingerprint density at radius 3 is 2.73 bits per heavy atom. The quantitative estimate of drug-likeness (QED) is 0.763. The lowest BCUT2D eigenvalue weighted by Crippen LogP contribution is -2.32. The molecule has 3 heteroatoms. The molecule has 1 aromatic rings. The van der Waals surface area contributed by atoms with Crippen LogP contribution < -0.4 is 4.90 Å². The Balaban J connectivity index is 2.79. The van der Waals surface area contributed by atoms with Crippen molar-refractivity contribution in [1.82, 2.24) is 4.98 Å². The Bertz CT molecular complexity index is 299. The Kier molecular flexibility index (Phi) is 5.09. The first kappa shape index (κ1) is 12.5. The largest absolute Gasteiger partial charge is 0.369 e. The number of hydrogen-bond acceptors (Lipinski definition) is 2. The molecular weight excluding hydrogens is 252 g/mol. The van der Waals surface area contributed by atoms with Gasteiger partial charge in [-0.3, -0.25) is 4.98 Å². The number of aromatic nitrogens is 1. The first-order valence-corrected chi connectivity index (χ1v) is 6.52. The molecule has 0 atom stereocenters. The smallest absolute Gasteiger partial charge is 0.0402 e. The van der Waals surface area contributed by atoms with Crippen LogP contribution in [-0.4, -0.2) is 22.9 Å². The molecule has 0 N–H and O–H groups in total. The molecule has 15 heavy (non-hydrogen) atoms. The fraction of sp³-hybridized carbons (Fsp3) is 0.583. The van der Waals surface area contributed by atoms with Crippen molar-refractivity contribution in [2.75, 3.05) is 16.8 Å². The molecule has 0 spiro atoms. The number of halogens is 1. The van der Waals surface area contributed by atoms with E-state index in [0.717, 1.165) is 17.6 Å². The summed E-state index contributed by atoms with van der Waals surface area (Å²) in [5.41, 5.74) is 2.36. The van der Waals surface area contributed by atoms with E-state index in [0.29, 0.717) is 6.04 Å². The van der Waals surface area contributed by atoms with Crippen molar-refractivity contribution in [1.29, 1.82) is 0 Å². The standard InChI is InChI=1S/C12H19BrN2/c1-10(2)15(8-4-6-13)12-5-7-14-11(3)9-12/h5,7,9-10H,4,6,8H2,1-3H3. The van der Waals surface area contributed by atoms with E-state index in [1.807, 2.05) is 13.1 Å². The molecule has 1 heterocycles. The normalized spacial score (nSPS) is 10.7. The van der Waals surface area contributed by atoms with Gasteiger partial charge >= 0.3 is 0 Å². The van der Waals surface area contributed by atoms with Crippen molar-refractivity contribution in [3.63, 3.8) is 0 Å². The minimum atomic E-state index is 0.533. The first-order chi connectivity index (χ1) is 7.15. The molecule has 0 fully saturated rings. The van der Waals surface area contributed by atoms with E-state index in [9.17, 15) is 0 Å². The van der Waals surface area contributed by atoms with Crippen LogP contribution in [0.1, 0.15) is 26.0 Å². The van der Waals surface area contributed by atoms with Crippen LogP contribution in [0.15, 0.2) is 18.3 Å². The van der Waals surface area contributed by atoms with Crippen LogP contribution in [0, 0.1) is 6.92 Å². The van der Waals surface area contributed by atoms with Crippen molar-refractivity contribution in [3.05, 3.63) is 24.0 Å². The van der Waals surface area contributed by atoms with E-state index in [2.05, 4.69) is 51.8 Å². The average Bonchev–Trinajstić information content (AvgIpc) is 2.18. The van der Waals surface area contributed by atoms with Gasteiger partial charge in [0, 0.05) is 35.5 Å². The molecule has 2 nitrogen and oxygen atoms in total. The van der Waals surface area contributed by atoms with Crippen molar-refractivity contribution in [2.24, 2.45) is 0 Å². The highest BCUT2D eigenvalue weighted by Gasteiger charge is 2.09. The number of alkyl halides is 1. The molecule has 0 radical (unpaired) electrons. The second kappa shape index (κ2) is 6.11. The zero-order valence-corrected chi connectivity index (χ0v) is 11.3. The van der Waals surface area contributed by atoms with Crippen LogP contribution in [0.2, 0.25) is 0 Å². The molecule has 0 saturated carbocycles. The summed E-state index contributed by atoms with van der Waals surface area (Å²) in [4.78, 5) is 6.64. The minimum absolute atomic E-state index is 0.533. The molecule has 0 amide bonds. The van der Waals surface area contributed by atoms with Gasteiger partial charge in [-0.2, -0.15) is 0 Å². The van der Waals surface area contributed by atoms with Crippen LogP contribution in [0.4, 0.5) is 5.69 Å². The van der Waals surface area contributed by atoms with E-state index in [1.54, 1.807) is 0 Å². The predicted octanol–water partition coefficient (Wildman–Crippen LogP) is 3.39. The Labute approximate surface area is 101 Å². The van der Waals surface area contributed by atoms with Gasteiger partial charge in [-0.05, 0) is 39.3 Å². The second-order valence-corrected chi connectivity index (χ2v) is 4.78. The van der Waals surface area contributed by atoms with Gasteiger partial charge in [-0.1, -0.05) is 15.9 Å². The SMILES string of the molecule is Cc1cc(N(CCCBr)C(C)C)ccn1. The zero-order chi connectivity index (χ0) is 11.3. The lowest BCUT2D eigenvalue weighted by molar-refractivity contribution is 0.673. The highest BCUT2D eigenvalue weighted by Crippen LogP contribution is 2.17. The molecule has 0 bridgehead atoms. The lowest BCUT2D eigenvalue weighted by Gasteiger charge is -2.29. The predicted molar refractivity (Wildman–Crippen MR) is 69.9 cm³/mol. The maximum Gasteiger partial charge on any atom is 0.0402 e. The number of nitrogens with zero attached hydrogens (tertiary/aromatic N) is 2. The second-order valence-electron chi connectivity index (χ2n) is 3.99. The first-order valence-electron chi connectivity index (χ1n) is 5.40. The molecule has 0 aromatic carbocycles. The molecule has 0 aliphatic rings. The van der Waals surface area contributed by atoms with E-state index >= 15 is 0 Å². The van der Waals surface area contributed by atoms with Gasteiger partial charge in [0.05, 0.1) is 0 Å². The summed E-state index contributed by atoms with van der Waals surface area (Å²) in [7, 11) is 0. The topological polar surface area (TPSA) is 16.1 Å². The molecule has 0 saturated heterocycles. The molecular formula is C12H19BrN2. The van der Waals surface area contributed by atoms with E-state index in [-0.39, 0.29) is 0 Å². The average molecular weight is 271 g/mol. The highest BCUT2D eigenvalue weighted by atomic mass is 79.9. The fourth-order valence-electron chi connectivity index (χ4n) is 1.62. The zero-order valence-electron chi connectivity index (χ0n) is 9.70. The van der Waals surface area contributed by atoms with Gasteiger partial charge in [0.25, 0.3) is 0 Å². The highest BCUT2D eigenvalue weighted by molar-refractivity contribution is 9.09. The van der Waals surface area contributed by atoms with Gasteiger partial charge in [0.2, 0.25) is 0 Å². The van der Waals surface area contributed by atoms with Crippen LogP contribution in [0.3, 0.4) is 0 Å². The summed E-state index contributed by atoms with van der Waals surface area (Å²) < 4.78 is 0. The van der Waals surface area contributed by atoms with Crippen molar-refractivity contribution in [3.8, 4) is 0 Å². The Morgan fingerprint density at radius 1 is 1.47 bits per heavy atom. The van der Waals surface area contributed by atoms with Gasteiger partial charge in [-0.15, -0.1) is 0 Å². The third-order valence-corrected chi connectivity index (χ3v) is 2.93. The fourth-order valence-corrected chi connectivity index (χ4v) is 1.88. The Hall–Kier alpha value is -0.570. The van der Waals surface area contributed by atoms with Gasteiger partial charge in [0.15, 0.2) is 0 Å². The van der Waals surface area contributed by atoms with E-state index < -0.39 is 0 Å². The number of pyridine rings is 1. The molecule has 84 valence electrons. The van der Waals surface area contributed by atoms with E-state index in [1.165, 1.54) is 12.1 Å². The molecule has 1 aromatic heterocycles. The summed E-state index contributed by atoms with van der Waals surface area (Å²) in [6.07, 6.45) is 3.05.